The number of aliphatic hydroxyl groups excluding tert-OH is 1. The van der Waals surface area contributed by atoms with E-state index >= 15 is 0 Å². The number of hydrogen-bond donors (Lipinski definition) is 3. The van der Waals surface area contributed by atoms with Gasteiger partial charge in [0.25, 0.3) is 5.91 Å². The molecule has 1 aliphatic rings. The third-order valence-corrected chi connectivity index (χ3v) is 5.94. The van der Waals surface area contributed by atoms with Crippen molar-refractivity contribution in [1.82, 2.24) is 30.0 Å². The Morgan fingerprint density at radius 2 is 2.00 bits per heavy atom. The van der Waals surface area contributed by atoms with Gasteiger partial charge in [-0.1, -0.05) is 18.2 Å². The van der Waals surface area contributed by atoms with E-state index in [2.05, 4.69) is 30.7 Å². The van der Waals surface area contributed by atoms with Crippen LogP contribution in [-0.2, 0) is 16.8 Å². The summed E-state index contributed by atoms with van der Waals surface area (Å²) in [6, 6.07) is 9.91. The predicted octanol–water partition coefficient (Wildman–Crippen LogP) is 2.03. The van der Waals surface area contributed by atoms with Crippen molar-refractivity contribution in [2.45, 2.75) is 25.8 Å². The number of aliphatic hydroxyl groups is 1. The van der Waals surface area contributed by atoms with Crippen molar-refractivity contribution < 1.29 is 19.1 Å². The molecule has 3 N–H and O–H groups in total. The first-order valence-electron chi connectivity index (χ1n) is 11.0. The first-order chi connectivity index (χ1) is 16.8. The van der Waals surface area contributed by atoms with Crippen LogP contribution in [0.25, 0.3) is 22.6 Å². The summed E-state index contributed by atoms with van der Waals surface area (Å²) in [5.41, 5.74) is 0.612. The van der Waals surface area contributed by atoms with Crippen molar-refractivity contribution in [3.8, 4) is 11.5 Å². The third kappa shape index (κ3) is 3.79. The van der Waals surface area contributed by atoms with Gasteiger partial charge in [-0.15, -0.1) is 0 Å². The molecule has 0 spiro atoms. The third-order valence-electron chi connectivity index (χ3n) is 5.94. The van der Waals surface area contributed by atoms with E-state index in [1.165, 1.54) is 6.07 Å². The number of carbonyl (C=O) groups excluding carboxylic acids is 2. The summed E-state index contributed by atoms with van der Waals surface area (Å²) < 4.78 is 15.9. The molecule has 4 aromatic rings. The number of anilines is 1. The van der Waals surface area contributed by atoms with Gasteiger partial charge in [0.15, 0.2) is 11.5 Å². The molecular formula is C24H22FN7O3. The predicted molar refractivity (Wildman–Crippen MR) is 125 cm³/mol. The molecule has 0 bridgehead atoms. The number of hydrogen-bond acceptors (Lipinski definition) is 7. The topological polar surface area (TPSA) is 135 Å². The highest BCUT2D eigenvalue weighted by atomic mass is 19.1. The van der Waals surface area contributed by atoms with Gasteiger partial charge < -0.3 is 15.7 Å². The number of fused-ring (bicyclic) bond motifs is 2. The Labute approximate surface area is 199 Å². The Bertz CT molecular complexity index is 1480. The maximum atomic E-state index is 14.3. The van der Waals surface area contributed by atoms with E-state index in [-0.39, 0.29) is 48.8 Å². The van der Waals surface area contributed by atoms with Gasteiger partial charge in [0, 0.05) is 23.9 Å². The van der Waals surface area contributed by atoms with Crippen molar-refractivity contribution in [3.63, 3.8) is 0 Å². The minimum atomic E-state index is -1.03. The van der Waals surface area contributed by atoms with Crippen LogP contribution in [0.5, 0.6) is 0 Å². The van der Waals surface area contributed by atoms with Crippen LogP contribution >= 0.6 is 0 Å². The fraction of sp³-hybridized carbons (Fsp3) is 0.250. The molecule has 1 aliphatic heterocycles. The molecular weight excluding hydrogens is 453 g/mol. The van der Waals surface area contributed by atoms with Gasteiger partial charge >= 0.3 is 0 Å². The Morgan fingerprint density at radius 3 is 2.77 bits per heavy atom. The molecule has 2 amide bonds. The molecule has 0 atom stereocenters. The number of nitrogens with one attached hydrogen (secondary N) is 2. The van der Waals surface area contributed by atoms with E-state index in [9.17, 15) is 14.0 Å². The van der Waals surface area contributed by atoms with Gasteiger partial charge in [0.05, 0.1) is 24.0 Å². The molecule has 11 heteroatoms. The van der Waals surface area contributed by atoms with Crippen LogP contribution in [0.2, 0.25) is 0 Å². The van der Waals surface area contributed by atoms with Gasteiger partial charge in [0.1, 0.15) is 23.0 Å². The van der Waals surface area contributed by atoms with Crippen LogP contribution in [0.4, 0.5) is 10.2 Å². The lowest BCUT2D eigenvalue weighted by molar-refractivity contribution is -0.119. The average Bonchev–Trinajstić information content (AvgIpc) is 3.32. The van der Waals surface area contributed by atoms with Crippen LogP contribution in [0.1, 0.15) is 35.5 Å². The van der Waals surface area contributed by atoms with E-state index in [0.717, 1.165) is 0 Å². The molecule has 0 aliphatic carbocycles. The molecule has 0 fully saturated rings. The summed E-state index contributed by atoms with van der Waals surface area (Å²) in [7, 11) is 0. The molecule has 0 radical (unpaired) electrons. The van der Waals surface area contributed by atoms with E-state index < -0.39 is 11.3 Å². The monoisotopic (exact) mass is 475 g/mol. The number of pyridine rings is 1. The summed E-state index contributed by atoms with van der Waals surface area (Å²) >= 11 is 0. The second-order valence-corrected chi connectivity index (χ2v) is 8.65. The number of halogens is 1. The van der Waals surface area contributed by atoms with E-state index in [1.54, 1.807) is 55.1 Å². The highest BCUT2D eigenvalue weighted by Crippen LogP contribution is 2.39. The molecule has 5 rings (SSSR count). The highest BCUT2D eigenvalue weighted by molar-refractivity contribution is 6.09. The molecule has 3 aromatic heterocycles. The fourth-order valence-corrected chi connectivity index (χ4v) is 4.12. The van der Waals surface area contributed by atoms with Crippen molar-refractivity contribution in [3.05, 3.63) is 65.2 Å². The minimum absolute atomic E-state index is 0.0162. The number of rotatable bonds is 6. The Kier molecular flexibility index (Phi) is 5.48. The quantitative estimate of drug-likeness (QED) is 0.388. The van der Waals surface area contributed by atoms with Crippen molar-refractivity contribution >= 4 is 28.7 Å². The van der Waals surface area contributed by atoms with E-state index in [1.807, 2.05) is 0 Å². The molecule has 0 saturated heterocycles. The van der Waals surface area contributed by atoms with Crippen LogP contribution in [0.15, 0.2) is 42.6 Å². The lowest BCUT2D eigenvalue weighted by atomic mass is 9.85. The Morgan fingerprint density at radius 1 is 1.20 bits per heavy atom. The van der Waals surface area contributed by atoms with Gasteiger partial charge in [-0.05, 0) is 32.0 Å². The summed E-state index contributed by atoms with van der Waals surface area (Å²) in [6.45, 7) is 3.27. The smallest absolute Gasteiger partial charge is 0.270 e. The summed E-state index contributed by atoms with van der Waals surface area (Å²) in [6.07, 6.45) is 1.60. The standard InChI is InChI=1S/C24H22FN7O3/c1-24(2)16-18(22(34)27-10-11-33)28-20(29-19(16)30-23(24)35)17-14-7-5-9-26-21(14)32(31-17)12-13-6-3-4-8-15(13)25/h3-9,33H,10-12H2,1-2H3,(H,27,34)(H,28,29,30,35). The van der Waals surface area contributed by atoms with Crippen LogP contribution in [0.3, 0.4) is 0 Å². The zero-order valence-electron chi connectivity index (χ0n) is 19.0. The number of nitrogens with zero attached hydrogens (tertiary/aromatic N) is 5. The lowest BCUT2D eigenvalue weighted by Crippen LogP contribution is -2.33. The Hall–Kier alpha value is -4.25. The largest absolute Gasteiger partial charge is 0.395 e. The number of benzene rings is 1. The molecule has 10 nitrogen and oxygen atoms in total. The fourth-order valence-electron chi connectivity index (χ4n) is 4.12. The summed E-state index contributed by atoms with van der Waals surface area (Å²) in [4.78, 5) is 39.0. The van der Waals surface area contributed by atoms with Gasteiger partial charge in [-0.3, -0.25) is 9.59 Å². The van der Waals surface area contributed by atoms with Crippen molar-refractivity contribution in [1.29, 1.82) is 0 Å². The first-order valence-corrected chi connectivity index (χ1v) is 11.0. The van der Waals surface area contributed by atoms with E-state index in [0.29, 0.717) is 27.9 Å². The number of carbonyl (C=O) groups is 2. The maximum absolute atomic E-state index is 14.3. The van der Waals surface area contributed by atoms with Gasteiger partial charge in [-0.2, -0.15) is 5.10 Å². The van der Waals surface area contributed by atoms with Crippen LogP contribution < -0.4 is 10.6 Å². The molecule has 0 saturated carbocycles. The number of amides is 2. The normalized spacial score (nSPS) is 14.1. The van der Waals surface area contributed by atoms with E-state index in [4.69, 9.17) is 5.11 Å². The lowest BCUT2D eigenvalue weighted by Gasteiger charge is -2.17. The second kappa shape index (κ2) is 8.51. The SMILES string of the molecule is CC1(C)C(=O)Nc2nc(-c3nn(Cc4ccccc4F)c4ncccc34)nc(C(=O)NCCO)c21. The van der Waals surface area contributed by atoms with Crippen molar-refractivity contribution in [2.75, 3.05) is 18.5 Å². The zero-order chi connectivity index (χ0) is 24.7. The number of aromatic nitrogens is 5. The minimum Gasteiger partial charge on any atom is -0.395 e. The van der Waals surface area contributed by atoms with Crippen molar-refractivity contribution in [2.24, 2.45) is 0 Å². The second-order valence-electron chi connectivity index (χ2n) is 8.65. The molecule has 4 heterocycles. The Balaban J connectivity index is 1.68. The summed E-state index contributed by atoms with van der Waals surface area (Å²) in [5.74, 6) is -0.889. The molecule has 0 unspecified atom stereocenters. The van der Waals surface area contributed by atoms with Gasteiger partial charge in [-0.25, -0.2) is 24.0 Å². The molecule has 35 heavy (non-hydrogen) atoms. The van der Waals surface area contributed by atoms with Crippen LogP contribution in [-0.4, -0.2) is 54.8 Å². The highest BCUT2D eigenvalue weighted by Gasteiger charge is 2.44. The molecule has 1 aromatic carbocycles. The van der Waals surface area contributed by atoms with Gasteiger partial charge in [0.2, 0.25) is 5.91 Å². The van der Waals surface area contributed by atoms with Crippen LogP contribution in [0, 0.1) is 5.82 Å². The molecule has 178 valence electrons. The maximum Gasteiger partial charge on any atom is 0.270 e. The summed E-state index contributed by atoms with van der Waals surface area (Å²) in [5, 5.41) is 19.7. The first kappa shape index (κ1) is 22.5. The zero-order valence-corrected chi connectivity index (χ0v) is 19.0. The average molecular weight is 475 g/mol.